The molecule has 1 aliphatic carbocycles. The highest BCUT2D eigenvalue weighted by molar-refractivity contribution is 6.33. The molecule has 0 aromatic carbocycles. The number of rotatable bonds is 4. The van der Waals surface area contributed by atoms with E-state index in [9.17, 15) is 9.59 Å². The Morgan fingerprint density at radius 3 is 2.29 bits per heavy atom. The minimum atomic E-state index is -1.26. The van der Waals surface area contributed by atoms with Crippen LogP contribution in [0.2, 0.25) is 0 Å². The van der Waals surface area contributed by atoms with Crippen LogP contribution in [-0.4, -0.2) is 16.9 Å². The summed E-state index contributed by atoms with van der Waals surface area (Å²) in [7, 11) is 0. The minimum Gasteiger partial charge on any atom is -0.475 e. The van der Waals surface area contributed by atoms with Crippen molar-refractivity contribution in [2.45, 2.75) is 45.4 Å². The Balaban J connectivity index is 2.59. The highest BCUT2D eigenvalue weighted by atomic mass is 16.4. The summed E-state index contributed by atoms with van der Waals surface area (Å²) in [4.78, 5) is 22.0. The molecule has 1 fully saturated rings. The first-order chi connectivity index (χ1) is 6.66. The molecule has 1 saturated carbocycles. The first-order valence-electron chi connectivity index (χ1n) is 5.44. The fraction of sp³-hybridized carbons (Fsp3) is 0.818. The Bertz CT molecular complexity index is 217. The number of aliphatic carboxylic acids is 1. The third kappa shape index (κ3) is 2.56. The van der Waals surface area contributed by atoms with Gasteiger partial charge in [0.2, 0.25) is 5.78 Å². The van der Waals surface area contributed by atoms with Gasteiger partial charge in [-0.25, -0.2) is 4.79 Å². The van der Waals surface area contributed by atoms with Gasteiger partial charge in [-0.15, -0.1) is 0 Å². The molecule has 3 heteroatoms. The molecule has 0 saturated heterocycles. The van der Waals surface area contributed by atoms with E-state index < -0.39 is 11.8 Å². The molecule has 0 aromatic heterocycles. The molecule has 0 spiro atoms. The second-order valence-electron chi connectivity index (χ2n) is 4.08. The monoisotopic (exact) mass is 198 g/mol. The molecule has 0 aliphatic heterocycles. The number of carbonyl (C=O) groups is 2. The fourth-order valence-electron chi connectivity index (χ4n) is 2.43. The van der Waals surface area contributed by atoms with E-state index in [4.69, 9.17) is 5.11 Å². The van der Waals surface area contributed by atoms with Gasteiger partial charge in [-0.05, 0) is 25.2 Å². The van der Waals surface area contributed by atoms with Gasteiger partial charge in [-0.2, -0.15) is 0 Å². The lowest BCUT2D eigenvalue weighted by atomic mass is 9.77. The van der Waals surface area contributed by atoms with Gasteiger partial charge in [0.1, 0.15) is 0 Å². The second-order valence-corrected chi connectivity index (χ2v) is 4.08. The van der Waals surface area contributed by atoms with Gasteiger partial charge in [-0.3, -0.25) is 4.79 Å². The number of hydrogen-bond acceptors (Lipinski definition) is 2. The van der Waals surface area contributed by atoms with Crippen LogP contribution >= 0.6 is 0 Å². The van der Waals surface area contributed by atoms with E-state index in [1.165, 1.54) is 6.42 Å². The number of carboxylic acids is 1. The van der Waals surface area contributed by atoms with E-state index in [0.29, 0.717) is 12.3 Å². The number of Topliss-reactive ketones (excluding diaryl/α,β-unsaturated/α-hetero) is 1. The molecule has 0 heterocycles. The summed E-state index contributed by atoms with van der Waals surface area (Å²) in [5, 5.41) is 8.66. The summed E-state index contributed by atoms with van der Waals surface area (Å²) in [5.74, 6) is -1.77. The van der Waals surface area contributed by atoms with E-state index in [1.807, 2.05) is 6.92 Å². The summed E-state index contributed by atoms with van der Waals surface area (Å²) >= 11 is 0. The SMILES string of the molecule is CCC(C(=O)C(=O)O)C1CCCCC1. The molecule has 1 unspecified atom stereocenters. The Morgan fingerprint density at radius 1 is 1.29 bits per heavy atom. The summed E-state index contributed by atoms with van der Waals surface area (Å²) in [6.07, 6.45) is 6.24. The van der Waals surface area contributed by atoms with Crippen molar-refractivity contribution in [1.29, 1.82) is 0 Å². The van der Waals surface area contributed by atoms with Crippen LogP contribution in [0.3, 0.4) is 0 Å². The zero-order chi connectivity index (χ0) is 10.6. The molecule has 1 atom stereocenters. The van der Waals surface area contributed by atoms with E-state index in [0.717, 1.165) is 25.7 Å². The molecule has 1 aliphatic rings. The van der Waals surface area contributed by atoms with Gasteiger partial charge in [0.25, 0.3) is 0 Å². The van der Waals surface area contributed by atoms with Crippen molar-refractivity contribution in [3.8, 4) is 0 Å². The Labute approximate surface area is 84.5 Å². The fourth-order valence-corrected chi connectivity index (χ4v) is 2.43. The predicted molar refractivity (Wildman–Crippen MR) is 53.0 cm³/mol. The Kier molecular flexibility index (Phi) is 4.11. The van der Waals surface area contributed by atoms with Crippen molar-refractivity contribution >= 4 is 11.8 Å². The number of carboxylic acid groups (broad SMARTS) is 1. The molecule has 14 heavy (non-hydrogen) atoms. The molecule has 3 nitrogen and oxygen atoms in total. The maximum Gasteiger partial charge on any atom is 0.372 e. The smallest absolute Gasteiger partial charge is 0.372 e. The Morgan fingerprint density at radius 2 is 1.86 bits per heavy atom. The highest BCUT2D eigenvalue weighted by Gasteiger charge is 2.31. The molecule has 0 amide bonds. The maximum atomic E-state index is 11.4. The van der Waals surface area contributed by atoms with Crippen LogP contribution in [0.25, 0.3) is 0 Å². The van der Waals surface area contributed by atoms with Crippen molar-refractivity contribution in [2.75, 3.05) is 0 Å². The molecule has 0 aromatic rings. The van der Waals surface area contributed by atoms with Gasteiger partial charge >= 0.3 is 5.97 Å². The van der Waals surface area contributed by atoms with Gasteiger partial charge in [-0.1, -0.05) is 26.2 Å². The first kappa shape index (κ1) is 11.2. The van der Waals surface area contributed by atoms with Crippen LogP contribution in [-0.2, 0) is 9.59 Å². The lowest BCUT2D eigenvalue weighted by Gasteiger charge is -2.27. The van der Waals surface area contributed by atoms with E-state index in [-0.39, 0.29) is 5.92 Å². The molecule has 0 bridgehead atoms. The summed E-state index contributed by atoms with van der Waals surface area (Å²) < 4.78 is 0. The van der Waals surface area contributed by atoms with Crippen molar-refractivity contribution in [1.82, 2.24) is 0 Å². The molecule has 80 valence electrons. The third-order valence-corrected chi connectivity index (χ3v) is 3.21. The third-order valence-electron chi connectivity index (χ3n) is 3.21. The van der Waals surface area contributed by atoms with E-state index in [2.05, 4.69) is 0 Å². The summed E-state index contributed by atoms with van der Waals surface area (Å²) in [5.41, 5.74) is 0. The lowest BCUT2D eigenvalue weighted by molar-refractivity contribution is -0.152. The zero-order valence-corrected chi connectivity index (χ0v) is 8.66. The molecular weight excluding hydrogens is 180 g/mol. The molecule has 1 N–H and O–H groups in total. The maximum absolute atomic E-state index is 11.4. The summed E-state index contributed by atoms with van der Waals surface area (Å²) in [6.45, 7) is 1.90. The van der Waals surface area contributed by atoms with Gasteiger partial charge < -0.3 is 5.11 Å². The molecule has 1 rings (SSSR count). The quantitative estimate of drug-likeness (QED) is 0.705. The number of hydrogen-bond donors (Lipinski definition) is 1. The normalized spacial score (nSPS) is 20.4. The zero-order valence-electron chi connectivity index (χ0n) is 8.66. The van der Waals surface area contributed by atoms with Gasteiger partial charge in [0, 0.05) is 5.92 Å². The topological polar surface area (TPSA) is 54.4 Å². The first-order valence-corrected chi connectivity index (χ1v) is 5.44. The largest absolute Gasteiger partial charge is 0.475 e. The van der Waals surface area contributed by atoms with E-state index in [1.54, 1.807) is 0 Å². The predicted octanol–water partition coefficient (Wildman–Crippen LogP) is 2.25. The van der Waals surface area contributed by atoms with Crippen LogP contribution in [0, 0.1) is 11.8 Å². The van der Waals surface area contributed by atoms with Crippen molar-refractivity contribution in [3.63, 3.8) is 0 Å². The minimum absolute atomic E-state index is 0.243. The average Bonchev–Trinajstić information content (AvgIpc) is 2.20. The van der Waals surface area contributed by atoms with Crippen molar-refractivity contribution in [2.24, 2.45) is 11.8 Å². The highest BCUT2D eigenvalue weighted by Crippen LogP contribution is 2.32. The van der Waals surface area contributed by atoms with Gasteiger partial charge in [0.15, 0.2) is 0 Å². The Hall–Kier alpha value is -0.860. The standard InChI is InChI=1S/C11H18O3/c1-2-9(10(12)11(13)14)8-6-4-3-5-7-8/h8-9H,2-7H2,1H3,(H,13,14). The van der Waals surface area contributed by atoms with E-state index >= 15 is 0 Å². The molecular formula is C11H18O3. The lowest BCUT2D eigenvalue weighted by Crippen LogP contribution is -2.30. The van der Waals surface area contributed by atoms with Crippen molar-refractivity contribution in [3.05, 3.63) is 0 Å². The van der Waals surface area contributed by atoms with Crippen LogP contribution < -0.4 is 0 Å². The van der Waals surface area contributed by atoms with Crippen LogP contribution in [0.4, 0.5) is 0 Å². The molecule has 0 radical (unpaired) electrons. The van der Waals surface area contributed by atoms with Gasteiger partial charge in [0.05, 0.1) is 0 Å². The van der Waals surface area contributed by atoms with Crippen LogP contribution in [0.1, 0.15) is 45.4 Å². The van der Waals surface area contributed by atoms with Crippen LogP contribution in [0.5, 0.6) is 0 Å². The average molecular weight is 198 g/mol. The van der Waals surface area contributed by atoms with Crippen molar-refractivity contribution < 1.29 is 14.7 Å². The number of ketones is 1. The number of carbonyl (C=O) groups excluding carboxylic acids is 1. The van der Waals surface area contributed by atoms with Crippen LogP contribution in [0.15, 0.2) is 0 Å². The summed E-state index contributed by atoms with van der Waals surface area (Å²) in [6, 6.07) is 0. The second kappa shape index (κ2) is 5.13.